The largest absolute Gasteiger partial charge is 0.331 e. The van der Waals surface area contributed by atoms with E-state index in [1.807, 2.05) is 18.2 Å². The molecule has 0 spiro atoms. The van der Waals surface area contributed by atoms with E-state index in [2.05, 4.69) is 4.98 Å². The number of rotatable bonds is 2. The van der Waals surface area contributed by atoms with E-state index in [4.69, 9.17) is 12.2 Å². The molecule has 1 aromatic heterocycles. The summed E-state index contributed by atoms with van der Waals surface area (Å²) in [7, 11) is 0. The first-order chi connectivity index (χ1) is 8.52. The number of nitrogens with zero attached hydrogens (tertiary/aromatic N) is 1. The molecule has 92 valence electrons. The van der Waals surface area contributed by atoms with Crippen LogP contribution in [0.4, 0.5) is 0 Å². The third kappa shape index (κ3) is 2.04. The highest BCUT2D eigenvalue weighted by atomic mass is 32.1. The molecular formula is C13H12N2O2S. The second-order valence-corrected chi connectivity index (χ2v) is 4.36. The van der Waals surface area contributed by atoms with E-state index in [-0.39, 0.29) is 16.1 Å². The van der Waals surface area contributed by atoms with Crippen molar-refractivity contribution >= 4 is 18.0 Å². The predicted molar refractivity (Wildman–Crippen MR) is 72.0 cm³/mol. The lowest BCUT2D eigenvalue weighted by atomic mass is 10.1. The number of aromatic nitrogens is 2. The molecule has 2 aromatic rings. The summed E-state index contributed by atoms with van der Waals surface area (Å²) < 4.78 is 1.64. The van der Waals surface area contributed by atoms with Gasteiger partial charge in [0, 0.05) is 5.69 Å². The molecular weight excluding hydrogens is 248 g/mol. The van der Waals surface area contributed by atoms with Crippen LogP contribution in [-0.4, -0.2) is 15.3 Å². The topological polar surface area (TPSA) is 54.9 Å². The van der Waals surface area contributed by atoms with Gasteiger partial charge >= 0.3 is 5.69 Å². The highest BCUT2D eigenvalue weighted by Crippen LogP contribution is 2.12. The fourth-order valence-electron chi connectivity index (χ4n) is 1.95. The van der Waals surface area contributed by atoms with E-state index >= 15 is 0 Å². The Bertz CT molecular complexity index is 714. The number of benzene rings is 1. The quantitative estimate of drug-likeness (QED) is 0.666. The minimum Gasteiger partial charge on any atom is -0.297 e. The Balaban J connectivity index is 2.85. The molecule has 18 heavy (non-hydrogen) atoms. The molecule has 4 nitrogen and oxygen atoms in total. The lowest BCUT2D eigenvalue weighted by Gasteiger charge is -2.12. The van der Waals surface area contributed by atoms with Gasteiger partial charge in [0.2, 0.25) is 0 Å². The molecule has 0 radical (unpaired) electrons. The van der Waals surface area contributed by atoms with Crippen molar-refractivity contribution in [2.45, 2.75) is 13.8 Å². The number of para-hydroxylation sites is 1. The standard InChI is InChI=1S/C13H12N2O2S/c1-8-11(9(2)16)12(18)14-13(17)15(8)10-6-4-3-5-7-10/h3-7H,1-2H3,(H,14,17,18). The van der Waals surface area contributed by atoms with E-state index in [0.717, 1.165) is 0 Å². The zero-order valence-electron chi connectivity index (χ0n) is 10.1. The Morgan fingerprint density at radius 2 is 1.89 bits per heavy atom. The summed E-state index contributed by atoms with van der Waals surface area (Å²) in [5.74, 6) is -0.154. The van der Waals surface area contributed by atoms with Gasteiger partial charge in [-0.15, -0.1) is 0 Å². The fourth-order valence-corrected chi connectivity index (χ4v) is 2.33. The number of hydrogen-bond acceptors (Lipinski definition) is 3. The zero-order valence-corrected chi connectivity index (χ0v) is 10.9. The maximum Gasteiger partial charge on any atom is 0.331 e. The maximum absolute atomic E-state index is 12.0. The van der Waals surface area contributed by atoms with Gasteiger partial charge < -0.3 is 0 Å². The lowest BCUT2D eigenvalue weighted by Crippen LogP contribution is -2.26. The van der Waals surface area contributed by atoms with Crippen LogP contribution in [-0.2, 0) is 0 Å². The summed E-state index contributed by atoms with van der Waals surface area (Å²) in [6.45, 7) is 3.15. The molecule has 1 N–H and O–H groups in total. The molecule has 0 saturated carbocycles. The summed E-state index contributed by atoms with van der Waals surface area (Å²) in [6.07, 6.45) is 0. The van der Waals surface area contributed by atoms with E-state index in [0.29, 0.717) is 16.9 Å². The molecule has 0 atom stereocenters. The Morgan fingerprint density at radius 1 is 1.28 bits per heavy atom. The van der Waals surface area contributed by atoms with E-state index in [1.54, 1.807) is 19.1 Å². The van der Waals surface area contributed by atoms with Crippen molar-refractivity contribution in [3.05, 3.63) is 56.7 Å². The highest BCUT2D eigenvalue weighted by molar-refractivity contribution is 7.71. The van der Waals surface area contributed by atoms with E-state index < -0.39 is 0 Å². The van der Waals surface area contributed by atoms with Crippen LogP contribution in [0, 0.1) is 11.6 Å². The molecule has 1 heterocycles. The van der Waals surface area contributed by atoms with Gasteiger partial charge in [0.15, 0.2) is 5.78 Å². The Morgan fingerprint density at radius 3 is 2.44 bits per heavy atom. The van der Waals surface area contributed by atoms with Gasteiger partial charge in [0.25, 0.3) is 0 Å². The summed E-state index contributed by atoms with van der Waals surface area (Å²) >= 11 is 5.02. The Labute approximate surface area is 109 Å². The second kappa shape index (κ2) is 4.70. The molecule has 5 heteroatoms. The number of Topliss-reactive ketones (excluding diaryl/α,β-unsaturated/α-hetero) is 1. The minimum atomic E-state index is -0.339. The van der Waals surface area contributed by atoms with Crippen LogP contribution in [0.25, 0.3) is 5.69 Å². The molecule has 0 aliphatic rings. The molecule has 1 aromatic carbocycles. The minimum absolute atomic E-state index is 0.154. The molecule has 0 bridgehead atoms. The van der Waals surface area contributed by atoms with Crippen LogP contribution >= 0.6 is 12.2 Å². The van der Waals surface area contributed by atoms with Gasteiger partial charge in [-0.05, 0) is 26.0 Å². The number of ketones is 1. The van der Waals surface area contributed by atoms with Crippen molar-refractivity contribution in [3.63, 3.8) is 0 Å². The maximum atomic E-state index is 12.0. The third-order valence-corrected chi connectivity index (χ3v) is 3.02. The van der Waals surface area contributed by atoms with Crippen LogP contribution in [0.2, 0.25) is 0 Å². The SMILES string of the molecule is CC(=O)c1c(C)n(-c2ccccc2)c(=O)[nH]c1=S. The van der Waals surface area contributed by atoms with Gasteiger partial charge in [-0.25, -0.2) is 4.79 Å². The average Bonchev–Trinajstić information content (AvgIpc) is 2.28. The first-order valence-corrected chi connectivity index (χ1v) is 5.85. The smallest absolute Gasteiger partial charge is 0.297 e. The van der Waals surface area contributed by atoms with Crippen molar-refractivity contribution < 1.29 is 4.79 Å². The molecule has 0 aliphatic heterocycles. The average molecular weight is 260 g/mol. The highest BCUT2D eigenvalue weighted by Gasteiger charge is 2.13. The molecule has 0 unspecified atom stereocenters. The van der Waals surface area contributed by atoms with Crippen molar-refractivity contribution in [2.75, 3.05) is 0 Å². The molecule has 0 aliphatic carbocycles. The summed E-state index contributed by atoms with van der Waals surface area (Å²) in [5, 5.41) is 0. The predicted octanol–water partition coefficient (Wildman–Crippen LogP) is 2.41. The zero-order chi connectivity index (χ0) is 13.3. The van der Waals surface area contributed by atoms with Crippen molar-refractivity contribution in [1.29, 1.82) is 0 Å². The lowest BCUT2D eigenvalue weighted by molar-refractivity contribution is 0.101. The van der Waals surface area contributed by atoms with Crippen LogP contribution < -0.4 is 5.69 Å². The number of H-pyrrole nitrogens is 1. The van der Waals surface area contributed by atoms with Gasteiger partial charge in [-0.2, -0.15) is 0 Å². The fraction of sp³-hybridized carbons (Fsp3) is 0.154. The van der Waals surface area contributed by atoms with E-state index in [9.17, 15) is 9.59 Å². The number of carbonyl (C=O) groups excluding carboxylic acids is 1. The van der Waals surface area contributed by atoms with Gasteiger partial charge in [-0.3, -0.25) is 14.3 Å². The second-order valence-electron chi connectivity index (χ2n) is 3.95. The monoisotopic (exact) mass is 260 g/mol. The van der Waals surface area contributed by atoms with Gasteiger partial charge in [0.1, 0.15) is 4.64 Å². The number of nitrogens with one attached hydrogen (secondary N) is 1. The van der Waals surface area contributed by atoms with Crippen LogP contribution in [0.1, 0.15) is 23.0 Å². The third-order valence-electron chi connectivity index (χ3n) is 2.71. The van der Waals surface area contributed by atoms with E-state index in [1.165, 1.54) is 11.5 Å². The van der Waals surface area contributed by atoms with Crippen molar-refractivity contribution in [1.82, 2.24) is 9.55 Å². The summed E-state index contributed by atoms with van der Waals surface area (Å²) in [4.78, 5) is 26.1. The van der Waals surface area contributed by atoms with Gasteiger partial charge in [-0.1, -0.05) is 30.4 Å². The Kier molecular flexibility index (Phi) is 3.25. The summed E-state index contributed by atoms with van der Waals surface area (Å²) in [6, 6.07) is 9.12. The molecule has 0 amide bonds. The Hall–Kier alpha value is -2.01. The normalized spacial score (nSPS) is 10.3. The van der Waals surface area contributed by atoms with Gasteiger partial charge in [0.05, 0.1) is 11.3 Å². The number of aromatic amines is 1. The van der Waals surface area contributed by atoms with Crippen LogP contribution in [0.5, 0.6) is 0 Å². The first-order valence-electron chi connectivity index (χ1n) is 5.44. The molecule has 0 saturated heterocycles. The summed E-state index contributed by atoms with van der Waals surface area (Å²) in [5.41, 5.74) is 1.30. The first kappa shape index (κ1) is 12.4. The number of carbonyl (C=O) groups is 1. The van der Waals surface area contributed by atoms with Crippen LogP contribution in [0.3, 0.4) is 0 Å². The van der Waals surface area contributed by atoms with Crippen molar-refractivity contribution in [3.8, 4) is 5.69 Å². The molecule has 0 fully saturated rings. The molecule has 2 rings (SSSR count). The van der Waals surface area contributed by atoms with Crippen molar-refractivity contribution in [2.24, 2.45) is 0 Å². The van der Waals surface area contributed by atoms with Crippen LogP contribution in [0.15, 0.2) is 35.1 Å². The number of hydrogen-bond donors (Lipinski definition) is 1.